The van der Waals surface area contributed by atoms with Crippen LogP contribution in [0.15, 0.2) is 18.3 Å². The zero-order chi connectivity index (χ0) is 11.6. The summed E-state index contributed by atoms with van der Waals surface area (Å²) in [6.07, 6.45) is 11.1. The summed E-state index contributed by atoms with van der Waals surface area (Å²) in [7, 11) is 1.65. The van der Waals surface area contributed by atoms with Gasteiger partial charge >= 0.3 is 0 Å². The molecule has 1 aromatic heterocycles. The number of aromatic nitrogens is 1. The molecule has 0 aliphatic rings. The number of methoxy groups -OCH3 is 1. The molecular weight excluding hydrogens is 198 g/mol. The first-order valence-corrected chi connectivity index (χ1v) is 6.35. The third kappa shape index (κ3) is 5.15. The summed E-state index contributed by atoms with van der Waals surface area (Å²) in [6, 6.07) is 4.05. The van der Waals surface area contributed by atoms with Crippen LogP contribution in [0.3, 0.4) is 0 Å². The Morgan fingerprint density at radius 1 is 1.06 bits per heavy atom. The lowest BCUT2D eigenvalue weighted by Gasteiger charge is -2.03. The molecule has 1 aromatic rings. The lowest BCUT2D eigenvalue weighted by Crippen LogP contribution is -1.90. The molecule has 1 heterocycles. The van der Waals surface area contributed by atoms with E-state index in [9.17, 15) is 0 Å². The van der Waals surface area contributed by atoms with Gasteiger partial charge in [-0.15, -0.1) is 0 Å². The van der Waals surface area contributed by atoms with E-state index in [1.807, 2.05) is 12.3 Å². The van der Waals surface area contributed by atoms with Gasteiger partial charge in [0.05, 0.1) is 7.11 Å². The van der Waals surface area contributed by atoms with Gasteiger partial charge in [0.1, 0.15) is 0 Å². The van der Waals surface area contributed by atoms with Gasteiger partial charge in [0.15, 0.2) is 0 Å². The van der Waals surface area contributed by atoms with Crippen LogP contribution < -0.4 is 4.74 Å². The summed E-state index contributed by atoms with van der Waals surface area (Å²) >= 11 is 0. The molecule has 90 valence electrons. The lowest BCUT2D eigenvalue weighted by molar-refractivity contribution is 0.397. The summed E-state index contributed by atoms with van der Waals surface area (Å²) in [5.74, 6) is 0.701. The topological polar surface area (TPSA) is 22.1 Å². The van der Waals surface area contributed by atoms with Gasteiger partial charge in [-0.2, -0.15) is 0 Å². The maximum absolute atomic E-state index is 5.03. The molecule has 0 radical (unpaired) electrons. The highest BCUT2D eigenvalue weighted by Gasteiger charge is 1.96. The minimum atomic E-state index is 0.701. The smallest absolute Gasteiger partial charge is 0.212 e. The molecule has 0 spiro atoms. The van der Waals surface area contributed by atoms with Crippen molar-refractivity contribution in [2.75, 3.05) is 7.11 Å². The van der Waals surface area contributed by atoms with E-state index in [4.69, 9.17) is 4.74 Å². The molecular formula is C14H23NO. The second-order valence-electron chi connectivity index (χ2n) is 4.23. The zero-order valence-electron chi connectivity index (χ0n) is 10.5. The Morgan fingerprint density at radius 2 is 1.81 bits per heavy atom. The molecule has 0 unspecified atom stereocenters. The predicted molar refractivity (Wildman–Crippen MR) is 67.9 cm³/mol. The fourth-order valence-electron chi connectivity index (χ4n) is 1.79. The van der Waals surface area contributed by atoms with E-state index in [1.165, 1.54) is 44.1 Å². The first-order valence-electron chi connectivity index (χ1n) is 6.35. The van der Waals surface area contributed by atoms with Crippen molar-refractivity contribution in [1.82, 2.24) is 4.98 Å². The van der Waals surface area contributed by atoms with Gasteiger partial charge in [-0.1, -0.05) is 45.1 Å². The molecule has 0 saturated heterocycles. The Hall–Kier alpha value is -1.05. The molecule has 0 N–H and O–H groups in total. The normalized spacial score (nSPS) is 10.4. The number of hydrogen-bond acceptors (Lipinski definition) is 2. The number of ether oxygens (including phenoxy) is 1. The van der Waals surface area contributed by atoms with E-state index < -0.39 is 0 Å². The van der Waals surface area contributed by atoms with Gasteiger partial charge in [0.25, 0.3) is 0 Å². The predicted octanol–water partition coefficient (Wildman–Crippen LogP) is 3.99. The number of aryl methyl sites for hydroxylation is 1. The molecule has 1 rings (SSSR count). The van der Waals surface area contributed by atoms with E-state index in [0.29, 0.717) is 5.88 Å². The van der Waals surface area contributed by atoms with Crippen molar-refractivity contribution in [2.24, 2.45) is 0 Å². The van der Waals surface area contributed by atoms with Crippen LogP contribution in [0, 0.1) is 0 Å². The van der Waals surface area contributed by atoms with Crippen LogP contribution >= 0.6 is 0 Å². The van der Waals surface area contributed by atoms with E-state index in [1.54, 1.807) is 7.11 Å². The van der Waals surface area contributed by atoms with Gasteiger partial charge in [-0.05, 0) is 18.4 Å². The van der Waals surface area contributed by atoms with Crippen molar-refractivity contribution < 1.29 is 4.74 Å². The molecule has 0 aliphatic heterocycles. The number of pyridine rings is 1. The summed E-state index contributed by atoms with van der Waals surface area (Å²) in [4.78, 5) is 4.20. The number of hydrogen-bond donors (Lipinski definition) is 0. The van der Waals surface area contributed by atoms with Crippen LogP contribution in [0.5, 0.6) is 5.88 Å². The molecule has 0 aromatic carbocycles. The van der Waals surface area contributed by atoms with Gasteiger partial charge in [-0.3, -0.25) is 0 Å². The van der Waals surface area contributed by atoms with Gasteiger partial charge < -0.3 is 4.74 Å². The maximum atomic E-state index is 5.03. The van der Waals surface area contributed by atoms with Crippen molar-refractivity contribution >= 4 is 0 Å². The van der Waals surface area contributed by atoms with E-state index in [0.717, 1.165) is 6.42 Å². The summed E-state index contributed by atoms with van der Waals surface area (Å²) in [5.41, 5.74) is 1.32. The van der Waals surface area contributed by atoms with Gasteiger partial charge in [-0.25, -0.2) is 4.98 Å². The molecule has 0 atom stereocenters. The minimum absolute atomic E-state index is 0.701. The highest BCUT2D eigenvalue weighted by molar-refractivity contribution is 5.17. The van der Waals surface area contributed by atoms with Crippen LogP contribution in [-0.2, 0) is 6.42 Å². The van der Waals surface area contributed by atoms with Crippen molar-refractivity contribution in [2.45, 2.75) is 51.9 Å². The first-order chi connectivity index (χ1) is 7.86. The van der Waals surface area contributed by atoms with Crippen molar-refractivity contribution in [3.63, 3.8) is 0 Å². The fourth-order valence-corrected chi connectivity index (χ4v) is 1.79. The third-order valence-corrected chi connectivity index (χ3v) is 2.83. The molecule has 0 aliphatic carbocycles. The van der Waals surface area contributed by atoms with Crippen molar-refractivity contribution in [1.29, 1.82) is 0 Å². The Kier molecular flexibility index (Phi) is 6.62. The average Bonchev–Trinajstić information content (AvgIpc) is 2.34. The number of nitrogens with zero attached hydrogens (tertiary/aromatic N) is 1. The summed E-state index contributed by atoms with van der Waals surface area (Å²) in [6.45, 7) is 2.25. The molecule has 2 heteroatoms. The Balaban J connectivity index is 2.12. The van der Waals surface area contributed by atoms with Gasteiger partial charge in [0.2, 0.25) is 5.88 Å². The zero-order valence-corrected chi connectivity index (χ0v) is 10.5. The van der Waals surface area contributed by atoms with Crippen LogP contribution in [0.25, 0.3) is 0 Å². The van der Waals surface area contributed by atoms with Crippen LogP contribution in [-0.4, -0.2) is 12.1 Å². The molecule has 16 heavy (non-hydrogen) atoms. The second kappa shape index (κ2) is 8.14. The van der Waals surface area contributed by atoms with Crippen LogP contribution in [0.2, 0.25) is 0 Å². The van der Waals surface area contributed by atoms with Crippen LogP contribution in [0.1, 0.15) is 51.0 Å². The summed E-state index contributed by atoms with van der Waals surface area (Å²) < 4.78 is 5.03. The Bertz CT molecular complexity index is 269. The third-order valence-electron chi connectivity index (χ3n) is 2.83. The molecule has 0 amide bonds. The summed E-state index contributed by atoms with van der Waals surface area (Å²) in [5, 5.41) is 0. The molecule has 2 nitrogen and oxygen atoms in total. The number of unbranched alkanes of at least 4 members (excludes halogenated alkanes) is 5. The van der Waals surface area contributed by atoms with Gasteiger partial charge in [0, 0.05) is 12.3 Å². The van der Waals surface area contributed by atoms with E-state index in [2.05, 4.69) is 18.0 Å². The quantitative estimate of drug-likeness (QED) is 0.619. The van der Waals surface area contributed by atoms with E-state index in [-0.39, 0.29) is 0 Å². The molecule has 0 saturated carbocycles. The number of rotatable bonds is 8. The lowest BCUT2D eigenvalue weighted by atomic mass is 10.1. The standard InChI is InChI=1S/C14H23NO/c1-3-4-5-6-7-8-9-13-10-11-14(16-2)15-12-13/h10-12H,3-9H2,1-2H3. The first kappa shape index (κ1) is 13.0. The monoisotopic (exact) mass is 221 g/mol. The van der Waals surface area contributed by atoms with Crippen molar-refractivity contribution in [3.8, 4) is 5.88 Å². The Morgan fingerprint density at radius 3 is 2.44 bits per heavy atom. The maximum Gasteiger partial charge on any atom is 0.212 e. The molecule has 0 fully saturated rings. The van der Waals surface area contributed by atoms with Crippen LogP contribution in [0.4, 0.5) is 0 Å². The second-order valence-corrected chi connectivity index (χ2v) is 4.23. The Labute approximate surface area is 99.0 Å². The minimum Gasteiger partial charge on any atom is -0.481 e. The largest absolute Gasteiger partial charge is 0.481 e. The highest BCUT2D eigenvalue weighted by Crippen LogP contribution is 2.11. The van der Waals surface area contributed by atoms with Crippen molar-refractivity contribution in [3.05, 3.63) is 23.9 Å². The van der Waals surface area contributed by atoms with E-state index >= 15 is 0 Å². The highest BCUT2D eigenvalue weighted by atomic mass is 16.5. The fraction of sp³-hybridized carbons (Fsp3) is 0.643. The SMILES string of the molecule is CCCCCCCCc1ccc(OC)nc1. The molecule has 0 bridgehead atoms. The average molecular weight is 221 g/mol.